The number of carbonyl (C=O) groups excluding carboxylic acids is 1. The minimum absolute atomic E-state index is 0.0427. The molecule has 3 rings (SSSR count). The summed E-state index contributed by atoms with van der Waals surface area (Å²) in [4.78, 5) is 20.4. The first-order chi connectivity index (χ1) is 13.2. The topological polar surface area (TPSA) is 82.3 Å². The number of halogens is 3. The molecule has 0 saturated heterocycles. The summed E-state index contributed by atoms with van der Waals surface area (Å²) in [6.45, 7) is 0. The molecule has 0 unspecified atom stereocenters. The first-order valence-electron chi connectivity index (χ1n) is 8.86. The normalized spacial score (nSPS) is 15.6. The maximum atomic E-state index is 13.3. The Morgan fingerprint density at radius 2 is 2.00 bits per heavy atom. The second kappa shape index (κ2) is 8.42. The number of carboxylic acids is 1. The van der Waals surface area contributed by atoms with Crippen LogP contribution < -0.4 is 10.0 Å². The molecule has 28 heavy (non-hydrogen) atoms. The Labute approximate surface area is 164 Å². The maximum Gasteiger partial charge on any atom is 0.433 e. The van der Waals surface area contributed by atoms with E-state index in [0.717, 1.165) is 49.9 Å². The van der Waals surface area contributed by atoms with Crippen molar-refractivity contribution in [1.82, 2.24) is 9.97 Å². The van der Waals surface area contributed by atoms with Crippen LogP contribution in [0.25, 0.3) is 0 Å². The third kappa shape index (κ3) is 4.98. The first kappa shape index (κ1) is 20.5. The lowest BCUT2D eigenvalue weighted by atomic mass is 9.94. The van der Waals surface area contributed by atoms with Crippen molar-refractivity contribution >= 4 is 23.5 Å². The van der Waals surface area contributed by atoms with Crippen LogP contribution in [0.1, 0.15) is 54.1 Å². The van der Waals surface area contributed by atoms with Gasteiger partial charge in [0.1, 0.15) is 23.3 Å². The van der Waals surface area contributed by atoms with E-state index in [1.807, 2.05) is 0 Å². The molecule has 6 nitrogen and oxygen atoms in total. The average molecular weight is 414 g/mol. The zero-order valence-corrected chi connectivity index (χ0v) is 16.0. The molecule has 0 atom stereocenters. The van der Waals surface area contributed by atoms with Gasteiger partial charge in [-0.2, -0.15) is 13.2 Å². The number of alkyl halides is 3. The van der Waals surface area contributed by atoms with Crippen LogP contribution in [-0.4, -0.2) is 29.0 Å². The van der Waals surface area contributed by atoms with E-state index in [1.54, 1.807) is 11.9 Å². The van der Waals surface area contributed by atoms with Crippen LogP contribution in [0.4, 0.5) is 19.0 Å². The molecule has 0 amide bonds. The number of hydrogen-bond acceptors (Lipinski definition) is 7. The van der Waals surface area contributed by atoms with Crippen LogP contribution >= 0.6 is 11.8 Å². The lowest BCUT2D eigenvalue weighted by molar-refractivity contribution is -0.257. The van der Waals surface area contributed by atoms with Crippen molar-refractivity contribution in [3.63, 3.8) is 0 Å². The van der Waals surface area contributed by atoms with Crippen LogP contribution in [-0.2, 0) is 11.9 Å². The molecule has 1 aliphatic carbocycles. The van der Waals surface area contributed by atoms with Crippen LogP contribution in [0.2, 0.25) is 0 Å². The Bertz CT molecular complexity index is 835. The zero-order chi connectivity index (χ0) is 20.3. The highest BCUT2D eigenvalue weighted by Gasteiger charge is 2.34. The Balaban J connectivity index is 1.81. The molecular formula is C18H19F3N3O3S-. The van der Waals surface area contributed by atoms with Gasteiger partial charge in [0.25, 0.3) is 0 Å². The van der Waals surface area contributed by atoms with E-state index in [9.17, 15) is 23.1 Å². The van der Waals surface area contributed by atoms with Crippen molar-refractivity contribution in [2.24, 2.45) is 0 Å². The quantitative estimate of drug-likeness (QED) is 0.528. The van der Waals surface area contributed by atoms with E-state index in [4.69, 9.17) is 4.42 Å². The molecule has 2 heterocycles. The number of carbonyl (C=O) groups is 1. The van der Waals surface area contributed by atoms with Gasteiger partial charge in [0.2, 0.25) is 0 Å². The Morgan fingerprint density at radius 3 is 2.61 bits per heavy atom. The molecule has 152 valence electrons. The molecule has 1 fully saturated rings. The number of nitrogens with zero attached hydrogens (tertiary/aromatic N) is 3. The van der Waals surface area contributed by atoms with Crippen LogP contribution in [0.5, 0.6) is 0 Å². The SMILES string of the molecule is CN(c1cc(C(F)(F)F)nc(SCc2ccc(C(=O)[O-])o2)n1)C1CCCCC1. The molecule has 2 aromatic rings. The van der Waals surface area contributed by atoms with Crippen molar-refractivity contribution in [2.75, 3.05) is 11.9 Å². The van der Waals surface area contributed by atoms with E-state index in [0.29, 0.717) is 0 Å². The van der Waals surface area contributed by atoms with Crippen molar-refractivity contribution in [1.29, 1.82) is 0 Å². The zero-order valence-electron chi connectivity index (χ0n) is 15.2. The lowest BCUT2D eigenvalue weighted by Gasteiger charge is -2.32. The number of furan rings is 1. The van der Waals surface area contributed by atoms with E-state index in [-0.39, 0.29) is 34.3 Å². The highest BCUT2D eigenvalue weighted by atomic mass is 32.2. The number of rotatable bonds is 6. The molecule has 2 aromatic heterocycles. The fourth-order valence-electron chi connectivity index (χ4n) is 3.16. The molecule has 0 aromatic carbocycles. The summed E-state index contributed by atoms with van der Waals surface area (Å²) in [7, 11) is 1.76. The van der Waals surface area contributed by atoms with Crippen molar-refractivity contribution < 1.29 is 27.5 Å². The van der Waals surface area contributed by atoms with Gasteiger partial charge in [-0.1, -0.05) is 31.0 Å². The van der Waals surface area contributed by atoms with Gasteiger partial charge in [-0.25, -0.2) is 9.97 Å². The van der Waals surface area contributed by atoms with Gasteiger partial charge in [0, 0.05) is 19.2 Å². The standard InChI is InChI=1S/C18H20F3N3O3S/c1-24(11-5-3-2-4-6-11)15-9-14(18(19,20)21)22-17(23-15)28-10-12-7-8-13(27-12)16(25)26/h7-9,11H,2-6,10H2,1H3,(H,25,26)/p-1. The minimum atomic E-state index is -4.59. The van der Waals surface area contributed by atoms with Gasteiger partial charge in [0.05, 0.1) is 5.75 Å². The van der Waals surface area contributed by atoms with Crippen LogP contribution in [0.15, 0.2) is 27.8 Å². The van der Waals surface area contributed by atoms with Gasteiger partial charge >= 0.3 is 6.18 Å². The molecule has 0 N–H and O–H groups in total. The van der Waals surface area contributed by atoms with Crippen molar-refractivity contribution in [3.8, 4) is 0 Å². The fraction of sp³-hybridized carbons (Fsp3) is 0.500. The van der Waals surface area contributed by atoms with Gasteiger partial charge in [-0.15, -0.1) is 0 Å². The second-order valence-corrected chi connectivity index (χ2v) is 7.58. The summed E-state index contributed by atoms with van der Waals surface area (Å²) in [6, 6.07) is 3.79. The summed E-state index contributed by atoms with van der Waals surface area (Å²) in [5, 5.41) is 10.7. The van der Waals surface area contributed by atoms with Crippen LogP contribution in [0.3, 0.4) is 0 Å². The number of anilines is 1. The average Bonchev–Trinajstić information content (AvgIpc) is 3.15. The molecule has 0 bridgehead atoms. The Morgan fingerprint density at radius 1 is 1.29 bits per heavy atom. The molecule has 1 aliphatic rings. The van der Waals surface area contributed by atoms with Gasteiger partial charge in [0.15, 0.2) is 10.9 Å². The summed E-state index contributed by atoms with van der Waals surface area (Å²) < 4.78 is 45.0. The van der Waals surface area contributed by atoms with Gasteiger partial charge in [-0.05, 0) is 25.0 Å². The molecule has 1 saturated carbocycles. The predicted molar refractivity (Wildman–Crippen MR) is 94.9 cm³/mol. The summed E-state index contributed by atoms with van der Waals surface area (Å²) in [5.41, 5.74) is -1.00. The summed E-state index contributed by atoms with van der Waals surface area (Å²) >= 11 is 0.951. The molecule has 0 radical (unpaired) electrons. The molecular weight excluding hydrogens is 395 g/mol. The first-order valence-corrected chi connectivity index (χ1v) is 9.84. The van der Waals surface area contributed by atoms with E-state index in [1.165, 1.54) is 12.1 Å². The molecule has 0 aliphatic heterocycles. The van der Waals surface area contributed by atoms with Gasteiger partial charge < -0.3 is 19.2 Å². The summed E-state index contributed by atoms with van der Waals surface area (Å²) in [5.74, 6) is -1.18. The Kier molecular flexibility index (Phi) is 6.17. The number of carboxylic acid groups (broad SMARTS) is 1. The highest BCUT2D eigenvalue weighted by Crippen LogP contribution is 2.33. The monoisotopic (exact) mass is 414 g/mol. The third-order valence-corrected chi connectivity index (χ3v) is 5.54. The highest BCUT2D eigenvalue weighted by molar-refractivity contribution is 7.98. The van der Waals surface area contributed by atoms with Crippen LogP contribution in [0, 0.1) is 0 Å². The largest absolute Gasteiger partial charge is 0.542 e. The van der Waals surface area contributed by atoms with Crippen molar-refractivity contribution in [3.05, 3.63) is 35.4 Å². The Hall–Kier alpha value is -2.23. The maximum absolute atomic E-state index is 13.3. The fourth-order valence-corrected chi connectivity index (χ4v) is 3.91. The third-order valence-electron chi connectivity index (χ3n) is 4.67. The molecule has 10 heteroatoms. The van der Waals surface area contributed by atoms with Crippen molar-refractivity contribution in [2.45, 2.75) is 55.2 Å². The summed E-state index contributed by atoms with van der Waals surface area (Å²) in [6.07, 6.45) is 0.485. The van der Waals surface area contributed by atoms with E-state index in [2.05, 4.69) is 9.97 Å². The molecule has 0 spiro atoms. The smallest absolute Gasteiger partial charge is 0.433 e. The number of thioether (sulfide) groups is 1. The predicted octanol–water partition coefficient (Wildman–Crippen LogP) is 3.51. The van der Waals surface area contributed by atoms with Gasteiger partial charge in [-0.3, -0.25) is 0 Å². The minimum Gasteiger partial charge on any atom is -0.542 e. The number of hydrogen-bond donors (Lipinski definition) is 0. The number of aromatic nitrogens is 2. The lowest BCUT2D eigenvalue weighted by Crippen LogP contribution is -2.34. The second-order valence-electron chi connectivity index (χ2n) is 6.64. The van der Waals surface area contributed by atoms with E-state index < -0.39 is 17.8 Å². The van der Waals surface area contributed by atoms with E-state index >= 15 is 0 Å². The number of aromatic carboxylic acids is 1.